The number of nitrogens with zero attached hydrogens (tertiary/aromatic N) is 2. The second-order valence-electron chi connectivity index (χ2n) is 9.76. The highest BCUT2D eigenvalue weighted by Crippen LogP contribution is 2.23. The van der Waals surface area contributed by atoms with E-state index in [9.17, 15) is 26.8 Å². The number of methoxy groups -OCH3 is 1. The van der Waals surface area contributed by atoms with Crippen molar-refractivity contribution in [2.45, 2.75) is 45.3 Å². The fourth-order valence-electron chi connectivity index (χ4n) is 4.22. The standard InChI is InChI=1S/C30H35F2N3O5S/c1-5-21(2)33-30(37)28(17-22-10-7-6-8-11-22)34(19-23-12-9-13-25(16-23)40-3)29(36)20-35(41(4,38)39)24-14-15-26(31)27(32)18-24/h6-16,18,21,28H,5,17,19-20H2,1-4H3,(H,33,37)/t21-,28+/m0/s1. The van der Waals surface area contributed by atoms with Crippen LogP contribution in [0.1, 0.15) is 31.4 Å². The second-order valence-corrected chi connectivity index (χ2v) is 11.7. The molecule has 0 heterocycles. The minimum atomic E-state index is -4.11. The van der Waals surface area contributed by atoms with Gasteiger partial charge in [-0.25, -0.2) is 17.2 Å². The van der Waals surface area contributed by atoms with Crippen LogP contribution in [-0.2, 0) is 32.6 Å². The number of carbonyl (C=O) groups is 2. The van der Waals surface area contributed by atoms with Crippen LogP contribution in [-0.4, -0.2) is 57.1 Å². The Labute approximate surface area is 240 Å². The quantitative estimate of drug-likeness (QED) is 0.322. The van der Waals surface area contributed by atoms with Gasteiger partial charge in [-0.3, -0.25) is 13.9 Å². The zero-order chi connectivity index (χ0) is 30.2. The minimum Gasteiger partial charge on any atom is -0.497 e. The maximum atomic E-state index is 14.1. The third kappa shape index (κ3) is 8.75. The van der Waals surface area contributed by atoms with Crippen LogP contribution in [0.2, 0.25) is 0 Å². The van der Waals surface area contributed by atoms with Crippen molar-refractivity contribution in [3.8, 4) is 5.75 Å². The molecule has 2 atom stereocenters. The lowest BCUT2D eigenvalue weighted by Gasteiger charge is -2.34. The molecule has 8 nitrogen and oxygen atoms in total. The largest absolute Gasteiger partial charge is 0.497 e. The molecule has 1 N–H and O–H groups in total. The summed E-state index contributed by atoms with van der Waals surface area (Å²) in [5, 5.41) is 2.94. The third-order valence-corrected chi connectivity index (χ3v) is 7.77. The zero-order valence-corrected chi connectivity index (χ0v) is 24.3. The molecule has 3 aromatic rings. The van der Waals surface area contributed by atoms with Gasteiger partial charge in [0.15, 0.2) is 11.6 Å². The molecule has 0 saturated heterocycles. The van der Waals surface area contributed by atoms with Gasteiger partial charge in [0.2, 0.25) is 21.8 Å². The Morgan fingerprint density at radius 3 is 2.24 bits per heavy atom. The van der Waals surface area contributed by atoms with Crippen LogP contribution < -0.4 is 14.4 Å². The van der Waals surface area contributed by atoms with Gasteiger partial charge in [0.05, 0.1) is 19.1 Å². The smallest absolute Gasteiger partial charge is 0.244 e. The van der Waals surface area contributed by atoms with E-state index in [1.54, 1.807) is 24.3 Å². The molecule has 0 aromatic heterocycles. The lowest BCUT2D eigenvalue weighted by Crippen LogP contribution is -2.54. The van der Waals surface area contributed by atoms with Gasteiger partial charge >= 0.3 is 0 Å². The summed E-state index contributed by atoms with van der Waals surface area (Å²) >= 11 is 0. The molecule has 3 aromatic carbocycles. The Morgan fingerprint density at radius 1 is 0.951 bits per heavy atom. The molecule has 0 unspecified atom stereocenters. The molecule has 41 heavy (non-hydrogen) atoms. The van der Waals surface area contributed by atoms with E-state index in [0.717, 1.165) is 24.0 Å². The first kappa shape index (κ1) is 31.5. The van der Waals surface area contributed by atoms with Crippen molar-refractivity contribution in [1.29, 1.82) is 0 Å². The van der Waals surface area contributed by atoms with Crippen molar-refractivity contribution < 1.29 is 31.5 Å². The Kier molecular flexibility index (Phi) is 10.8. The molecule has 0 bridgehead atoms. The number of sulfonamides is 1. The summed E-state index contributed by atoms with van der Waals surface area (Å²) in [6, 6.07) is 17.5. The Balaban J connectivity index is 2.08. The first-order chi connectivity index (χ1) is 19.4. The van der Waals surface area contributed by atoms with E-state index >= 15 is 0 Å². The summed E-state index contributed by atoms with van der Waals surface area (Å²) in [6.45, 7) is 2.98. The highest BCUT2D eigenvalue weighted by molar-refractivity contribution is 7.92. The van der Waals surface area contributed by atoms with E-state index in [0.29, 0.717) is 28.1 Å². The van der Waals surface area contributed by atoms with Gasteiger partial charge < -0.3 is 15.0 Å². The van der Waals surface area contributed by atoms with E-state index < -0.39 is 46.1 Å². The van der Waals surface area contributed by atoms with Gasteiger partial charge in [-0.2, -0.15) is 0 Å². The van der Waals surface area contributed by atoms with Crippen LogP contribution in [0.25, 0.3) is 0 Å². The Hall–Kier alpha value is -3.99. The molecule has 0 radical (unpaired) electrons. The predicted octanol–water partition coefficient (Wildman–Crippen LogP) is 4.29. The van der Waals surface area contributed by atoms with Crippen LogP contribution in [0.4, 0.5) is 14.5 Å². The summed E-state index contributed by atoms with van der Waals surface area (Å²) in [5.41, 5.74) is 1.22. The number of halogens is 2. The van der Waals surface area contributed by atoms with Gasteiger partial charge in [0, 0.05) is 25.1 Å². The normalized spacial score (nSPS) is 12.7. The Morgan fingerprint density at radius 2 is 1.63 bits per heavy atom. The molecule has 220 valence electrons. The van der Waals surface area contributed by atoms with Gasteiger partial charge in [-0.1, -0.05) is 49.4 Å². The zero-order valence-electron chi connectivity index (χ0n) is 23.5. The number of nitrogens with one attached hydrogen (secondary N) is 1. The molecule has 0 fully saturated rings. The van der Waals surface area contributed by atoms with Crippen LogP contribution in [0.15, 0.2) is 72.8 Å². The lowest BCUT2D eigenvalue weighted by atomic mass is 10.0. The predicted molar refractivity (Wildman–Crippen MR) is 154 cm³/mol. The number of benzene rings is 3. The third-order valence-electron chi connectivity index (χ3n) is 6.63. The summed E-state index contributed by atoms with van der Waals surface area (Å²) in [7, 11) is -2.61. The van der Waals surface area contributed by atoms with E-state index in [4.69, 9.17) is 4.74 Å². The first-order valence-corrected chi connectivity index (χ1v) is 15.0. The van der Waals surface area contributed by atoms with Gasteiger partial charge in [0.1, 0.15) is 18.3 Å². The van der Waals surface area contributed by atoms with E-state index in [1.165, 1.54) is 12.0 Å². The topological polar surface area (TPSA) is 96.0 Å². The maximum absolute atomic E-state index is 14.1. The molecule has 2 amide bonds. The summed E-state index contributed by atoms with van der Waals surface area (Å²) in [5.74, 6) is -2.98. The molecule has 3 rings (SSSR count). The number of carbonyl (C=O) groups excluding carboxylic acids is 2. The number of ether oxygens (including phenoxy) is 1. The number of rotatable bonds is 13. The fourth-order valence-corrected chi connectivity index (χ4v) is 5.06. The van der Waals surface area contributed by atoms with E-state index in [1.807, 2.05) is 44.2 Å². The Bertz CT molecular complexity index is 1450. The van der Waals surface area contributed by atoms with Crippen LogP contribution in [0, 0.1) is 11.6 Å². The highest BCUT2D eigenvalue weighted by atomic mass is 32.2. The monoisotopic (exact) mass is 587 g/mol. The van der Waals surface area contributed by atoms with Crippen molar-refractivity contribution in [3.63, 3.8) is 0 Å². The van der Waals surface area contributed by atoms with Gasteiger partial charge in [0.25, 0.3) is 0 Å². The molecule has 0 aliphatic carbocycles. The average Bonchev–Trinajstić information content (AvgIpc) is 2.94. The van der Waals surface area contributed by atoms with Crippen molar-refractivity contribution in [3.05, 3.63) is 95.6 Å². The van der Waals surface area contributed by atoms with Gasteiger partial charge in [-0.15, -0.1) is 0 Å². The minimum absolute atomic E-state index is 0.0448. The molecular formula is C30H35F2N3O5S. The molecule has 0 saturated carbocycles. The summed E-state index contributed by atoms with van der Waals surface area (Å²) in [4.78, 5) is 29.0. The van der Waals surface area contributed by atoms with Crippen LogP contribution >= 0.6 is 0 Å². The molecular weight excluding hydrogens is 552 g/mol. The van der Waals surface area contributed by atoms with E-state index in [-0.39, 0.29) is 24.7 Å². The number of amides is 2. The average molecular weight is 588 g/mol. The van der Waals surface area contributed by atoms with Gasteiger partial charge in [-0.05, 0) is 48.7 Å². The number of hydrogen-bond donors (Lipinski definition) is 1. The van der Waals surface area contributed by atoms with Crippen LogP contribution in [0.3, 0.4) is 0 Å². The van der Waals surface area contributed by atoms with Crippen molar-refractivity contribution >= 4 is 27.5 Å². The first-order valence-electron chi connectivity index (χ1n) is 13.1. The SMILES string of the molecule is CC[C@H](C)NC(=O)[C@@H](Cc1ccccc1)N(Cc1cccc(OC)c1)C(=O)CN(c1ccc(F)c(F)c1)S(C)(=O)=O. The fraction of sp³-hybridized carbons (Fsp3) is 0.333. The molecule has 0 aliphatic rings. The number of anilines is 1. The van der Waals surface area contributed by atoms with E-state index in [2.05, 4.69) is 5.32 Å². The van der Waals surface area contributed by atoms with Crippen molar-refractivity contribution in [2.24, 2.45) is 0 Å². The lowest BCUT2D eigenvalue weighted by molar-refractivity contribution is -0.140. The number of hydrogen-bond acceptors (Lipinski definition) is 5. The van der Waals surface area contributed by atoms with Crippen molar-refractivity contribution in [1.82, 2.24) is 10.2 Å². The van der Waals surface area contributed by atoms with Crippen LogP contribution in [0.5, 0.6) is 5.75 Å². The second kappa shape index (κ2) is 14.1. The maximum Gasteiger partial charge on any atom is 0.244 e. The molecule has 11 heteroatoms. The summed E-state index contributed by atoms with van der Waals surface area (Å²) < 4.78 is 59.2. The van der Waals surface area contributed by atoms with Crippen molar-refractivity contribution in [2.75, 3.05) is 24.2 Å². The molecule has 0 spiro atoms. The highest BCUT2D eigenvalue weighted by Gasteiger charge is 2.33. The summed E-state index contributed by atoms with van der Waals surface area (Å²) in [6.07, 6.45) is 1.68. The molecule has 0 aliphatic heterocycles.